The minimum Gasteiger partial charge on any atom is -0.373 e. The smallest absolute Gasteiger partial charge is 0.229 e. The molecule has 1 aromatic carbocycles. The molecule has 1 aliphatic heterocycles. The van der Waals surface area contributed by atoms with E-state index in [9.17, 15) is 0 Å². The number of hydrogen-bond donors (Lipinski definition) is 3. The first-order valence-electron chi connectivity index (χ1n) is 9.16. The third-order valence-corrected chi connectivity index (χ3v) is 5.30. The van der Waals surface area contributed by atoms with Crippen LogP contribution in [-0.4, -0.2) is 48.1 Å². The normalized spacial score (nSPS) is 14.6. The fourth-order valence-electron chi connectivity index (χ4n) is 3.14. The molecule has 3 N–H and O–H groups in total. The van der Waals surface area contributed by atoms with Crippen molar-refractivity contribution in [2.24, 2.45) is 0 Å². The summed E-state index contributed by atoms with van der Waals surface area (Å²) in [7, 11) is 1.86. The zero-order valence-corrected chi connectivity index (χ0v) is 17.1. The molecule has 7 heteroatoms. The highest BCUT2D eigenvalue weighted by Crippen LogP contribution is 2.23. The Morgan fingerprint density at radius 3 is 2.73 bits per heavy atom. The SMILES string of the molecule is CNc1cc(C)nc(Nc2ccc(Br)c(CNCCN3CCCC3)c2)n1. The molecular formula is C19H27BrN6. The molecule has 1 aliphatic rings. The molecule has 1 fully saturated rings. The Bertz CT molecular complexity index is 730. The summed E-state index contributed by atoms with van der Waals surface area (Å²) in [6.07, 6.45) is 2.69. The van der Waals surface area contributed by atoms with Crippen LogP contribution in [0.2, 0.25) is 0 Å². The van der Waals surface area contributed by atoms with Gasteiger partial charge in [0.25, 0.3) is 0 Å². The van der Waals surface area contributed by atoms with Crippen LogP contribution in [-0.2, 0) is 6.54 Å². The van der Waals surface area contributed by atoms with Gasteiger partial charge in [-0.25, -0.2) is 4.98 Å². The van der Waals surface area contributed by atoms with E-state index in [0.29, 0.717) is 5.95 Å². The van der Waals surface area contributed by atoms with Crippen LogP contribution in [0, 0.1) is 6.92 Å². The van der Waals surface area contributed by atoms with Gasteiger partial charge in [-0.3, -0.25) is 0 Å². The molecule has 0 aliphatic carbocycles. The molecule has 0 bridgehead atoms. The molecule has 0 amide bonds. The molecule has 6 nitrogen and oxygen atoms in total. The van der Waals surface area contributed by atoms with Crippen LogP contribution < -0.4 is 16.0 Å². The predicted molar refractivity (Wildman–Crippen MR) is 111 cm³/mol. The number of benzene rings is 1. The summed E-state index contributed by atoms with van der Waals surface area (Å²) >= 11 is 3.65. The standard InChI is InChI=1S/C19H27BrN6/c1-14-11-18(21-2)25-19(23-14)24-16-5-6-17(20)15(12-16)13-22-7-10-26-8-3-4-9-26/h5-6,11-12,22H,3-4,7-10,13H2,1-2H3,(H2,21,23,24,25). The van der Waals surface area contributed by atoms with Gasteiger partial charge in [0.1, 0.15) is 5.82 Å². The summed E-state index contributed by atoms with van der Waals surface area (Å²) in [6.45, 7) is 7.42. The molecule has 0 radical (unpaired) electrons. The molecule has 2 aromatic rings. The second-order valence-corrected chi connectivity index (χ2v) is 7.48. The second-order valence-electron chi connectivity index (χ2n) is 6.62. The van der Waals surface area contributed by atoms with Crippen molar-refractivity contribution in [3.63, 3.8) is 0 Å². The van der Waals surface area contributed by atoms with Crippen molar-refractivity contribution in [2.45, 2.75) is 26.3 Å². The van der Waals surface area contributed by atoms with Crippen molar-refractivity contribution in [3.8, 4) is 0 Å². The van der Waals surface area contributed by atoms with Crippen LogP contribution in [0.1, 0.15) is 24.1 Å². The lowest BCUT2D eigenvalue weighted by Crippen LogP contribution is -2.29. The Morgan fingerprint density at radius 1 is 1.15 bits per heavy atom. The van der Waals surface area contributed by atoms with E-state index in [1.54, 1.807) is 0 Å². The second kappa shape index (κ2) is 9.30. The number of aromatic nitrogens is 2. The fourth-order valence-corrected chi connectivity index (χ4v) is 3.52. The summed E-state index contributed by atoms with van der Waals surface area (Å²) in [6, 6.07) is 8.15. The van der Waals surface area contributed by atoms with Gasteiger partial charge in [0.05, 0.1) is 0 Å². The zero-order chi connectivity index (χ0) is 18.4. The molecule has 3 rings (SSSR count). The van der Waals surface area contributed by atoms with Crippen molar-refractivity contribution in [1.29, 1.82) is 0 Å². The van der Waals surface area contributed by atoms with Crippen molar-refractivity contribution in [1.82, 2.24) is 20.2 Å². The lowest BCUT2D eigenvalue weighted by Gasteiger charge is -2.15. The van der Waals surface area contributed by atoms with Crippen LogP contribution in [0.4, 0.5) is 17.5 Å². The van der Waals surface area contributed by atoms with Crippen LogP contribution in [0.15, 0.2) is 28.7 Å². The van der Waals surface area contributed by atoms with Gasteiger partial charge in [0.15, 0.2) is 0 Å². The molecule has 0 saturated carbocycles. The summed E-state index contributed by atoms with van der Waals surface area (Å²) < 4.78 is 1.11. The molecule has 0 unspecified atom stereocenters. The van der Waals surface area contributed by atoms with E-state index in [-0.39, 0.29) is 0 Å². The summed E-state index contributed by atoms with van der Waals surface area (Å²) in [4.78, 5) is 11.4. The molecule has 2 heterocycles. The Balaban J connectivity index is 1.59. The predicted octanol–water partition coefficient (Wildman–Crippen LogP) is 3.52. The van der Waals surface area contributed by atoms with Gasteiger partial charge in [0.2, 0.25) is 5.95 Å². The molecule has 1 saturated heterocycles. The quantitative estimate of drug-likeness (QED) is 0.569. The molecule has 140 valence electrons. The van der Waals surface area contributed by atoms with Crippen LogP contribution in [0.5, 0.6) is 0 Å². The summed E-state index contributed by atoms with van der Waals surface area (Å²) in [5, 5.41) is 9.91. The first-order chi connectivity index (χ1) is 12.6. The monoisotopic (exact) mass is 418 g/mol. The molecule has 0 atom stereocenters. The number of nitrogens with one attached hydrogen (secondary N) is 3. The van der Waals surface area contributed by atoms with Gasteiger partial charge in [-0.05, 0) is 56.6 Å². The lowest BCUT2D eigenvalue weighted by molar-refractivity contribution is 0.335. The largest absolute Gasteiger partial charge is 0.373 e. The number of anilines is 3. The van der Waals surface area contributed by atoms with Crippen molar-refractivity contribution in [3.05, 3.63) is 40.0 Å². The van der Waals surface area contributed by atoms with E-state index in [1.165, 1.54) is 31.5 Å². The minimum absolute atomic E-state index is 0.601. The molecule has 26 heavy (non-hydrogen) atoms. The van der Waals surface area contributed by atoms with Gasteiger partial charge < -0.3 is 20.9 Å². The Morgan fingerprint density at radius 2 is 1.96 bits per heavy atom. The Hall–Kier alpha value is -1.70. The average Bonchev–Trinajstić information content (AvgIpc) is 3.14. The number of halogens is 1. The minimum atomic E-state index is 0.601. The Labute approximate surface area is 163 Å². The van der Waals surface area contributed by atoms with E-state index in [1.807, 2.05) is 26.1 Å². The number of likely N-dealkylation sites (tertiary alicyclic amines) is 1. The fraction of sp³-hybridized carbons (Fsp3) is 0.474. The van der Waals surface area contributed by atoms with Gasteiger partial charge in [-0.15, -0.1) is 0 Å². The first kappa shape index (κ1) is 19.1. The van der Waals surface area contributed by atoms with Crippen molar-refractivity contribution < 1.29 is 0 Å². The highest BCUT2D eigenvalue weighted by Gasteiger charge is 2.10. The van der Waals surface area contributed by atoms with Crippen LogP contribution in [0.25, 0.3) is 0 Å². The van der Waals surface area contributed by atoms with Crippen molar-refractivity contribution in [2.75, 3.05) is 43.9 Å². The third kappa shape index (κ3) is 5.40. The molecule has 0 spiro atoms. The Kier molecular flexibility index (Phi) is 6.82. The van der Waals surface area contributed by atoms with Crippen LogP contribution in [0.3, 0.4) is 0 Å². The van der Waals surface area contributed by atoms with Crippen LogP contribution >= 0.6 is 15.9 Å². The van der Waals surface area contributed by atoms with Gasteiger partial charge >= 0.3 is 0 Å². The van der Waals surface area contributed by atoms with E-state index >= 15 is 0 Å². The molecule has 1 aromatic heterocycles. The molecular weight excluding hydrogens is 392 g/mol. The number of nitrogens with zero attached hydrogens (tertiary/aromatic N) is 3. The van der Waals surface area contributed by atoms with Gasteiger partial charge in [0, 0.05) is 48.6 Å². The zero-order valence-electron chi connectivity index (χ0n) is 15.5. The highest BCUT2D eigenvalue weighted by molar-refractivity contribution is 9.10. The summed E-state index contributed by atoms with van der Waals surface area (Å²) in [5.41, 5.74) is 3.13. The van der Waals surface area contributed by atoms with E-state index in [4.69, 9.17) is 0 Å². The number of rotatable bonds is 8. The highest BCUT2D eigenvalue weighted by atomic mass is 79.9. The lowest BCUT2D eigenvalue weighted by atomic mass is 10.2. The average molecular weight is 419 g/mol. The maximum Gasteiger partial charge on any atom is 0.229 e. The topological polar surface area (TPSA) is 65.1 Å². The third-order valence-electron chi connectivity index (χ3n) is 4.53. The van der Waals surface area contributed by atoms with E-state index in [2.05, 4.69) is 58.9 Å². The number of aryl methyl sites for hydroxylation is 1. The van der Waals surface area contributed by atoms with Crippen molar-refractivity contribution >= 4 is 33.4 Å². The van der Waals surface area contributed by atoms with Gasteiger partial charge in [-0.1, -0.05) is 15.9 Å². The number of hydrogen-bond acceptors (Lipinski definition) is 6. The maximum absolute atomic E-state index is 4.45. The van der Waals surface area contributed by atoms with E-state index < -0.39 is 0 Å². The van der Waals surface area contributed by atoms with E-state index in [0.717, 1.165) is 41.3 Å². The maximum atomic E-state index is 4.45. The van der Waals surface area contributed by atoms with Gasteiger partial charge in [-0.2, -0.15) is 4.98 Å². The first-order valence-corrected chi connectivity index (χ1v) is 9.95. The summed E-state index contributed by atoms with van der Waals surface area (Å²) in [5.74, 6) is 1.41.